The highest BCUT2D eigenvalue weighted by atomic mass is 79.9. The smallest absolute Gasteiger partial charge is 0.326 e. The first-order valence-electron chi connectivity index (χ1n) is 6.60. The molecule has 0 aliphatic carbocycles. The van der Waals surface area contributed by atoms with E-state index >= 15 is 0 Å². The lowest BCUT2D eigenvalue weighted by molar-refractivity contribution is -0.142. The molecule has 1 aromatic carbocycles. The summed E-state index contributed by atoms with van der Waals surface area (Å²) in [5.41, 5.74) is 0.405. The number of benzene rings is 1. The molecule has 0 radical (unpaired) electrons. The molecule has 5 nitrogen and oxygen atoms in total. The van der Waals surface area contributed by atoms with Crippen molar-refractivity contribution in [3.05, 3.63) is 34.3 Å². The van der Waals surface area contributed by atoms with E-state index < -0.39 is 23.5 Å². The summed E-state index contributed by atoms with van der Waals surface area (Å²) in [6.07, 6.45) is 0. The van der Waals surface area contributed by atoms with Gasteiger partial charge in [0.05, 0.1) is 0 Å². The van der Waals surface area contributed by atoms with E-state index in [0.717, 1.165) is 10.0 Å². The van der Waals surface area contributed by atoms with Crippen LogP contribution in [0, 0.1) is 5.41 Å². The summed E-state index contributed by atoms with van der Waals surface area (Å²) < 4.78 is 0.937. The molecule has 0 aromatic heterocycles. The Bertz CT molecular complexity index is 526. The Kier molecular flexibility index (Phi) is 5.78. The third-order valence-electron chi connectivity index (χ3n) is 3.04. The normalized spacial score (nSPS) is 12.6. The van der Waals surface area contributed by atoms with Crippen molar-refractivity contribution in [2.24, 2.45) is 5.41 Å². The summed E-state index contributed by atoms with van der Waals surface area (Å²) in [5, 5.41) is 11.8. The molecule has 1 unspecified atom stereocenters. The van der Waals surface area contributed by atoms with Crippen molar-refractivity contribution in [2.75, 3.05) is 7.05 Å². The Morgan fingerprint density at radius 2 is 2.00 bits per heavy atom. The number of urea groups is 1. The predicted molar refractivity (Wildman–Crippen MR) is 85.0 cm³/mol. The molecule has 0 saturated carbocycles. The quantitative estimate of drug-likeness (QED) is 0.870. The number of carbonyl (C=O) groups excluding carboxylic acids is 1. The van der Waals surface area contributed by atoms with Crippen LogP contribution in [0.5, 0.6) is 0 Å². The minimum absolute atomic E-state index is 0.405. The van der Waals surface area contributed by atoms with Crippen LogP contribution in [0.2, 0.25) is 0 Å². The molecule has 1 atom stereocenters. The van der Waals surface area contributed by atoms with Gasteiger partial charge in [0.1, 0.15) is 6.04 Å². The fourth-order valence-corrected chi connectivity index (χ4v) is 2.31. The second-order valence-corrected chi connectivity index (χ2v) is 6.99. The number of hydrogen-bond acceptors (Lipinski definition) is 2. The number of aliphatic carboxylic acids is 1. The third kappa shape index (κ3) is 5.38. The number of rotatable bonds is 4. The summed E-state index contributed by atoms with van der Waals surface area (Å²) in [5.74, 6) is -1.04. The fraction of sp³-hybridized carbons (Fsp3) is 0.467. The van der Waals surface area contributed by atoms with Gasteiger partial charge in [-0.3, -0.25) is 0 Å². The van der Waals surface area contributed by atoms with Gasteiger partial charge in [-0.15, -0.1) is 0 Å². The highest BCUT2D eigenvalue weighted by Crippen LogP contribution is 2.20. The molecule has 1 rings (SSSR count). The topological polar surface area (TPSA) is 69.6 Å². The Hall–Kier alpha value is -1.56. The number of carboxylic acids is 1. The maximum absolute atomic E-state index is 12.1. The maximum atomic E-state index is 12.1. The van der Waals surface area contributed by atoms with Crippen LogP contribution in [0.4, 0.5) is 4.79 Å². The summed E-state index contributed by atoms with van der Waals surface area (Å²) >= 11 is 3.38. The number of amides is 2. The van der Waals surface area contributed by atoms with Gasteiger partial charge in [0, 0.05) is 18.1 Å². The number of nitrogens with zero attached hydrogens (tertiary/aromatic N) is 1. The highest BCUT2D eigenvalue weighted by molar-refractivity contribution is 9.10. The Morgan fingerprint density at radius 1 is 1.38 bits per heavy atom. The van der Waals surface area contributed by atoms with Gasteiger partial charge in [0.2, 0.25) is 0 Å². The monoisotopic (exact) mass is 356 g/mol. The van der Waals surface area contributed by atoms with Gasteiger partial charge in [0.25, 0.3) is 0 Å². The molecular formula is C15H21BrN2O3. The molecule has 2 N–H and O–H groups in total. The molecule has 6 heteroatoms. The molecule has 2 amide bonds. The molecule has 0 aliphatic heterocycles. The van der Waals surface area contributed by atoms with Gasteiger partial charge in [0.15, 0.2) is 0 Å². The van der Waals surface area contributed by atoms with Crippen LogP contribution in [-0.4, -0.2) is 35.1 Å². The number of carboxylic acid groups (broad SMARTS) is 1. The van der Waals surface area contributed by atoms with Crippen molar-refractivity contribution >= 4 is 27.9 Å². The molecule has 0 spiro atoms. The second-order valence-electron chi connectivity index (χ2n) is 6.07. The lowest BCUT2D eigenvalue weighted by atomic mass is 9.87. The first kappa shape index (κ1) is 17.5. The first-order valence-corrected chi connectivity index (χ1v) is 7.39. The van der Waals surface area contributed by atoms with Gasteiger partial charge in [-0.1, -0.05) is 48.8 Å². The Balaban J connectivity index is 2.72. The van der Waals surface area contributed by atoms with E-state index in [-0.39, 0.29) is 0 Å². The summed E-state index contributed by atoms with van der Waals surface area (Å²) in [4.78, 5) is 24.9. The summed E-state index contributed by atoms with van der Waals surface area (Å²) in [6, 6.07) is 6.28. The number of halogens is 1. The van der Waals surface area contributed by atoms with Crippen LogP contribution in [0.3, 0.4) is 0 Å². The molecule has 0 saturated heterocycles. The number of hydrogen-bond donors (Lipinski definition) is 2. The lowest BCUT2D eigenvalue weighted by Gasteiger charge is -2.29. The van der Waals surface area contributed by atoms with Crippen LogP contribution in [0.1, 0.15) is 26.3 Å². The Morgan fingerprint density at radius 3 is 2.48 bits per heavy atom. The minimum Gasteiger partial charge on any atom is -0.480 e. The van der Waals surface area contributed by atoms with Gasteiger partial charge in [-0.05, 0) is 23.1 Å². The Labute approximate surface area is 133 Å². The van der Waals surface area contributed by atoms with Crippen LogP contribution in [0.25, 0.3) is 0 Å². The minimum atomic E-state index is -1.04. The second kappa shape index (κ2) is 6.93. The molecule has 116 valence electrons. The van der Waals surface area contributed by atoms with Crippen molar-refractivity contribution in [3.8, 4) is 0 Å². The molecule has 0 fully saturated rings. The molecule has 1 aromatic rings. The predicted octanol–water partition coefficient (Wildman–Crippen LogP) is 3.09. The molecule has 0 bridgehead atoms. The van der Waals surface area contributed by atoms with Crippen molar-refractivity contribution in [1.29, 1.82) is 0 Å². The van der Waals surface area contributed by atoms with E-state index in [2.05, 4.69) is 21.2 Å². The van der Waals surface area contributed by atoms with Crippen molar-refractivity contribution < 1.29 is 14.7 Å². The highest BCUT2D eigenvalue weighted by Gasteiger charge is 2.33. The van der Waals surface area contributed by atoms with Crippen LogP contribution in [-0.2, 0) is 11.3 Å². The SMILES string of the molecule is CN(Cc1cccc(Br)c1)C(=O)NC(C(=O)O)C(C)(C)C. The summed E-state index contributed by atoms with van der Waals surface area (Å²) in [7, 11) is 1.64. The fourth-order valence-electron chi connectivity index (χ4n) is 1.86. The number of carbonyl (C=O) groups is 2. The third-order valence-corrected chi connectivity index (χ3v) is 3.53. The molecule has 21 heavy (non-hydrogen) atoms. The average molecular weight is 357 g/mol. The van der Waals surface area contributed by atoms with Gasteiger partial charge >= 0.3 is 12.0 Å². The zero-order valence-electron chi connectivity index (χ0n) is 12.7. The van der Waals surface area contributed by atoms with E-state index in [4.69, 9.17) is 0 Å². The van der Waals surface area contributed by atoms with Gasteiger partial charge in [-0.2, -0.15) is 0 Å². The number of nitrogens with one attached hydrogen (secondary N) is 1. The van der Waals surface area contributed by atoms with Crippen molar-refractivity contribution in [1.82, 2.24) is 10.2 Å². The standard InChI is InChI=1S/C15H21BrN2O3/c1-15(2,3)12(13(19)20)17-14(21)18(4)9-10-6-5-7-11(16)8-10/h5-8,12H,9H2,1-4H3,(H,17,21)(H,19,20). The first-order chi connectivity index (χ1) is 9.61. The largest absolute Gasteiger partial charge is 0.480 e. The van der Waals surface area contributed by atoms with Crippen LogP contribution >= 0.6 is 15.9 Å². The summed E-state index contributed by atoms with van der Waals surface area (Å²) in [6.45, 7) is 5.74. The van der Waals surface area contributed by atoms with Gasteiger partial charge < -0.3 is 15.3 Å². The molecular weight excluding hydrogens is 336 g/mol. The van der Waals surface area contributed by atoms with E-state index in [1.54, 1.807) is 27.8 Å². The van der Waals surface area contributed by atoms with Crippen LogP contribution in [0.15, 0.2) is 28.7 Å². The van der Waals surface area contributed by atoms with Crippen LogP contribution < -0.4 is 5.32 Å². The zero-order chi connectivity index (χ0) is 16.2. The zero-order valence-corrected chi connectivity index (χ0v) is 14.3. The van der Waals surface area contributed by atoms with E-state index in [1.807, 2.05) is 24.3 Å². The average Bonchev–Trinajstić information content (AvgIpc) is 2.33. The van der Waals surface area contributed by atoms with Crippen molar-refractivity contribution in [3.63, 3.8) is 0 Å². The molecule has 0 heterocycles. The van der Waals surface area contributed by atoms with Crippen molar-refractivity contribution in [2.45, 2.75) is 33.4 Å². The lowest BCUT2D eigenvalue weighted by Crippen LogP contribution is -2.52. The maximum Gasteiger partial charge on any atom is 0.326 e. The van der Waals surface area contributed by atoms with E-state index in [9.17, 15) is 14.7 Å². The van der Waals surface area contributed by atoms with Gasteiger partial charge in [-0.25, -0.2) is 9.59 Å². The molecule has 0 aliphatic rings. The van der Waals surface area contributed by atoms with E-state index in [0.29, 0.717) is 6.54 Å². The van der Waals surface area contributed by atoms with E-state index in [1.165, 1.54) is 4.90 Å².